The smallest absolute Gasteiger partial charge is 0.336 e. The average molecular weight is 263 g/mol. The summed E-state index contributed by atoms with van der Waals surface area (Å²) < 4.78 is 10.6. The summed E-state index contributed by atoms with van der Waals surface area (Å²) in [6.07, 6.45) is -0.458. The first kappa shape index (κ1) is 14.0. The molecule has 1 heterocycles. The van der Waals surface area contributed by atoms with E-state index in [1.807, 2.05) is 25.1 Å². The Labute approximate surface area is 114 Å². The lowest BCUT2D eigenvalue weighted by Gasteiger charge is -2.36. The van der Waals surface area contributed by atoms with E-state index in [1.165, 1.54) is 5.56 Å². The molecule has 4 nitrogen and oxygen atoms in total. The number of hydrogen-bond acceptors (Lipinski definition) is 4. The number of ether oxygens (including phenoxy) is 2. The van der Waals surface area contributed by atoms with Crippen LogP contribution in [-0.4, -0.2) is 42.8 Å². The zero-order valence-corrected chi connectivity index (χ0v) is 11.5. The van der Waals surface area contributed by atoms with E-state index in [0.717, 1.165) is 6.54 Å². The third-order valence-electron chi connectivity index (χ3n) is 3.34. The van der Waals surface area contributed by atoms with Crippen LogP contribution in [0.3, 0.4) is 0 Å². The summed E-state index contributed by atoms with van der Waals surface area (Å²) in [5.41, 5.74) is 1.25. The molecule has 0 radical (unpaired) electrons. The van der Waals surface area contributed by atoms with Crippen molar-refractivity contribution in [2.45, 2.75) is 32.5 Å². The first-order chi connectivity index (χ1) is 9.20. The van der Waals surface area contributed by atoms with Gasteiger partial charge in [0, 0.05) is 19.1 Å². The van der Waals surface area contributed by atoms with Gasteiger partial charge in [-0.1, -0.05) is 30.3 Å². The fourth-order valence-corrected chi connectivity index (χ4v) is 2.22. The Morgan fingerprint density at radius 2 is 2.16 bits per heavy atom. The highest BCUT2D eigenvalue weighted by atomic mass is 16.6. The number of nitrogens with zero attached hydrogens (tertiary/aromatic N) is 1. The molecular weight excluding hydrogens is 242 g/mol. The predicted molar refractivity (Wildman–Crippen MR) is 72.7 cm³/mol. The van der Waals surface area contributed by atoms with Crippen molar-refractivity contribution >= 4 is 5.97 Å². The number of hydrogen-bond donors (Lipinski definition) is 0. The van der Waals surface area contributed by atoms with Gasteiger partial charge >= 0.3 is 5.97 Å². The predicted octanol–water partition coefficient (Wildman–Crippen LogP) is 1.84. The molecule has 0 bridgehead atoms. The van der Waals surface area contributed by atoms with Crippen molar-refractivity contribution in [1.82, 2.24) is 4.90 Å². The van der Waals surface area contributed by atoms with Gasteiger partial charge in [-0.3, -0.25) is 4.90 Å². The molecule has 0 spiro atoms. The molecule has 2 unspecified atom stereocenters. The number of morpholine rings is 1. The third-order valence-corrected chi connectivity index (χ3v) is 3.34. The highest BCUT2D eigenvalue weighted by molar-refractivity contribution is 5.75. The Morgan fingerprint density at radius 3 is 2.84 bits per heavy atom. The van der Waals surface area contributed by atoms with Crippen molar-refractivity contribution in [3.63, 3.8) is 0 Å². The molecule has 0 aliphatic carbocycles. The van der Waals surface area contributed by atoms with Crippen molar-refractivity contribution in [1.29, 1.82) is 0 Å². The molecule has 1 saturated heterocycles. The minimum Gasteiger partial charge on any atom is -0.464 e. The number of rotatable bonds is 4. The van der Waals surface area contributed by atoms with Gasteiger partial charge in [0.05, 0.1) is 13.2 Å². The van der Waals surface area contributed by atoms with Gasteiger partial charge in [0.15, 0.2) is 6.10 Å². The Hall–Kier alpha value is -1.39. The summed E-state index contributed by atoms with van der Waals surface area (Å²) in [5.74, 6) is -0.257. The van der Waals surface area contributed by atoms with Crippen LogP contribution in [0.4, 0.5) is 0 Å². The van der Waals surface area contributed by atoms with Crippen LogP contribution in [0.2, 0.25) is 0 Å². The number of carbonyl (C=O) groups is 1. The first-order valence-electron chi connectivity index (χ1n) is 6.77. The molecule has 0 saturated carbocycles. The molecule has 2 atom stereocenters. The lowest BCUT2D eigenvalue weighted by atomic mass is 10.1. The lowest BCUT2D eigenvalue weighted by Crippen LogP contribution is -2.50. The van der Waals surface area contributed by atoms with E-state index in [1.54, 1.807) is 0 Å². The second-order valence-electron chi connectivity index (χ2n) is 4.84. The van der Waals surface area contributed by atoms with Gasteiger partial charge in [0.2, 0.25) is 0 Å². The molecule has 1 aliphatic rings. The fourth-order valence-electron chi connectivity index (χ4n) is 2.22. The molecule has 4 heteroatoms. The molecule has 0 N–H and O–H groups in total. The summed E-state index contributed by atoms with van der Waals surface area (Å²) in [6.45, 7) is 6.31. The van der Waals surface area contributed by atoms with Crippen molar-refractivity contribution in [2.24, 2.45) is 0 Å². The summed E-state index contributed by atoms with van der Waals surface area (Å²) in [7, 11) is 0. The van der Waals surface area contributed by atoms with E-state index >= 15 is 0 Å². The molecule has 0 amide bonds. The summed E-state index contributed by atoms with van der Waals surface area (Å²) >= 11 is 0. The van der Waals surface area contributed by atoms with Gasteiger partial charge in [-0.15, -0.1) is 0 Å². The highest BCUT2D eigenvalue weighted by Gasteiger charge is 2.31. The van der Waals surface area contributed by atoms with Crippen molar-refractivity contribution < 1.29 is 14.3 Å². The van der Waals surface area contributed by atoms with Crippen molar-refractivity contribution in [3.8, 4) is 0 Å². The maximum atomic E-state index is 11.7. The Morgan fingerprint density at radius 1 is 1.42 bits per heavy atom. The Kier molecular flexibility index (Phi) is 4.93. The number of benzene rings is 1. The Bertz CT molecular complexity index is 407. The Balaban J connectivity index is 1.97. The molecule has 19 heavy (non-hydrogen) atoms. The zero-order valence-electron chi connectivity index (χ0n) is 11.5. The second-order valence-corrected chi connectivity index (χ2v) is 4.84. The van der Waals surface area contributed by atoms with Crippen LogP contribution in [-0.2, 0) is 20.8 Å². The number of esters is 1. The molecule has 104 valence electrons. The van der Waals surface area contributed by atoms with Crippen LogP contribution in [0.5, 0.6) is 0 Å². The van der Waals surface area contributed by atoms with Gasteiger partial charge < -0.3 is 9.47 Å². The van der Waals surface area contributed by atoms with Gasteiger partial charge in [-0.25, -0.2) is 4.79 Å². The standard InChI is InChI=1S/C15H21NO3/c1-3-18-15(17)14-10-16(12(2)11-19-14)9-13-7-5-4-6-8-13/h4-8,12,14H,3,9-11H2,1-2H3. The minimum absolute atomic E-state index is 0.257. The van der Waals surface area contributed by atoms with E-state index in [-0.39, 0.29) is 5.97 Å². The van der Waals surface area contributed by atoms with E-state index < -0.39 is 6.10 Å². The molecular formula is C15H21NO3. The summed E-state index contributed by atoms with van der Waals surface area (Å²) in [4.78, 5) is 14.0. The molecule has 1 aromatic carbocycles. The summed E-state index contributed by atoms with van der Waals surface area (Å²) in [5, 5.41) is 0. The maximum Gasteiger partial charge on any atom is 0.336 e. The van der Waals surface area contributed by atoms with Crippen molar-refractivity contribution in [2.75, 3.05) is 19.8 Å². The second kappa shape index (κ2) is 6.68. The third kappa shape index (κ3) is 3.78. The topological polar surface area (TPSA) is 38.8 Å². The van der Waals surface area contributed by atoms with Crippen LogP contribution < -0.4 is 0 Å². The largest absolute Gasteiger partial charge is 0.464 e. The minimum atomic E-state index is -0.458. The van der Waals surface area contributed by atoms with Crippen LogP contribution in [0.15, 0.2) is 30.3 Å². The van der Waals surface area contributed by atoms with E-state index in [9.17, 15) is 4.79 Å². The quantitative estimate of drug-likeness (QED) is 0.777. The molecule has 1 aromatic rings. The van der Waals surface area contributed by atoms with Crippen molar-refractivity contribution in [3.05, 3.63) is 35.9 Å². The highest BCUT2D eigenvalue weighted by Crippen LogP contribution is 2.16. The SMILES string of the molecule is CCOC(=O)C1CN(Cc2ccccc2)C(C)CO1. The average Bonchev–Trinajstić information content (AvgIpc) is 2.42. The van der Waals surface area contributed by atoms with Crippen LogP contribution in [0, 0.1) is 0 Å². The molecule has 1 fully saturated rings. The number of carbonyl (C=O) groups excluding carboxylic acids is 1. The van der Waals surface area contributed by atoms with E-state index in [4.69, 9.17) is 9.47 Å². The van der Waals surface area contributed by atoms with Crippen LogP contribution in [0.1, 0.15) is 19.4 Å². The molecule has 0 aromatic heterocycles. The first-order valence-corrected chi connectivity index (χ1v) is 6.77. The van der Waals surface area contributed by atoms with Gasteiger partial charge in [0.1, 0.15) is 0 Å². The fraction of sp³-hybridized carbons (Fsp3) is 0.533. The molecule has 2 rings (SSSR count). The molecule has 1 aliphatic heterocycles. The zero-order chi connectivity index (χ0) is 13.7. The monoisotopic (exact) mass is 263 g/mol. The van der Waals surface area contributed by atoms with E-state index in [0.29, 0.717) is 25.8 Å². The summed E-state index contributed by atoms with van der Waals surface area (Å²) in [6, 6.07) is 10.6. The van der Waals surface area contributed by atoms with Crippen LogP contribution >= 0.6 is 0 Å². The van der Waals surface area contributed by atoms with Gasteiger partial charge in [-0.05, 0) is 19.4 Å². The van der Waals surface area contributed by atoms with Crippen LogP contribution in [0.25, 0.3) is 0 Å². The normalized spacial score (nSPS) is 24.1. The van der Waals surface area contributed by atoms with E-state index in [2.05, 4.69) is 24.0 Å². The van der Waals surface area contributed by atoms with Gasteiger partial charge in [-0.2, -0.15) is 0 Å². The lowest BCUT2D eigenvalue weighted by molar-refractivity contribution is -0.165. The maximum absolute atomic E-state index is 11.7. The van der Waals surface area contributed by atoms with Gasteiger partial charge in [0.25, 0.3) is 0 Å².